The molecule has 1 aromatic carbocycles. The first-order valence-corrected chi connectivity index (χ1v) is 10.2. The maximum Gasteiger partial charge on any atom is 0.162 e. The summed E-state index contributed by atoms with van der Waals surface area (Å²) >= 11 is 0. The molecule has 0 saturated carbocycles. The van der Waals surface area contributed by atoms with Crippen LogP contribution in [0.5, 0.6) is 0 Å². The van der Waals surface area contributed by atoms with Crippen LogP contribution in [0.25, 0.3) is 0 Å². The second-order valence-corrected chi connectivity index (χ2v) is 10.6. The molecular formula is C24H31N3O. The first-order chi connectivity index (χ1) is 13.0. The zero-order valence-electron chi connectivity index (χ0n) is 17.9. The van der Waals surface area contributed by atoms with Crippen molar-refractivity contribution in [2.75, 3.05) is 5.32 Å². The summed E-state index contributed by atoms with van der Waals surface area (Å²) < 4.78 is 0. The number of nitrogens with one attached hydrogen (secondary N) is 2. The van der Waals surface area contributed by atoms with Crippen LogP contribution >= 0.6 is 0 Å². The first-order valence-electron chi connectivity index (χ1n) is 10.2. The molecule has 2 aromatic rings. The first kappa shape index (κ1) is 19.0. The number of hydrogen-bond donors (Lipinski definition) is 2. The van der Waals surface area contributed by atoms with E-state index in [0.717, 1.165) is 46.8 Å². The van der Waals surface area contributed by atoms with E-state index < -0.39 is 5.41 Å². The van der Waals surface area contributed by atoms with Crippen molar-refractivity contribution in [3.8, 4) is 0 Å². The maximum absolute atomic E-state index is 13.4. The van der Waals surface area contributed by atoms with Crippen molar-refractivity contribution < 1.29 is 4.79 Å². The Morgan fingerprint density at radius 2 is 1.75 bits per heavy atom. The Balaban J connectivity index is 1.98. The highest BCUT2D eigenvalue weighted by molar-refractivity contribution is 6.02. The van der Waals surface area contributed by atoms with Gasteiger partial charge in [-0.2, -0.15) is 5.10 Å². The molecule has 4 nitrogen and oxygen atoms in total. The van der Waals surface area contributed by atoms with Gasteiger partial charge in [-0.25, -0.2) is 0 Å². The van der Waals surface area contributed by atoms with Crippen molar-refractivity contribution in [2.24, 2.45) is 10.8 Å². The molecule has 28 heavy (non-hydrogen) atoms. The van der Waals surface area contributed by atoms with Gasteiger partial charge in [0.15, 0.2) is 11.6 Å². The second-order valence-electron chi connectivity index (χ2n) is 10.6. The van der Waals surface area contributed by atoms with Gasteiger partial charge in [-0.05, 0) is 36.2 Å². The van der Waals surface area contributed by atoms with Crippen LogP contribution in [0.1, 0.15) is 71.2 Å². The third-order valence-electron chi connectivity index (χ3n) is 6.04. The molecule has 4 heteroatoms. The van der Waals surface area contributed by atoms with E-state index in [1.165, 1.54) is 0 Å². The minimum absolute atomic E-state index is 0.0391. The fraction of sp³-hybridized carbons (Fsp3) is 0.500. The normalized spacial score (nSPS) is 23.9. The molecule has 1 aliphatic heterocycles. The summed E-state index contributed by atoms with van der Waals surface area (Å²) in [5.74, 6) is 1.12. The third-order valence-corrected chi connectivity index (χ3v) is 6.04. The van der Waals surface area contributed by atoms with Gasteiger partial charge in [0.1, 0.15) is 0 Å². The molecule has 0 bridgehead atoms. The van der Waals surface area contributed by atoms with E-state index in [9.17, 15) is 4.79 Å². The summed E-state index contributed by atoms with van der Waals surface area (Å²) in [6.45, 7) is 13.2. The lowest BCUT2D eigenvalue weighted by Gasteiger charge is -2.44. The van der Waals surface area contributed by atoms with E-state index >= 15 is 0 Å². The number of fused-ring (bicyclic) bond motifs is 1. The number of allylic oxidation sites excluding steroid dienone is 2. The topological polar surface area (TPSA) is 57.8 Å². The predicted octanol–water partition coefficient (Wildman–Crippen LogP) is 5.37. The molecule has 2 N–H and O–H groups in total. The van der Waals surface area contributed by atoms with Crippen molar-refractivity contribution in [2.45, 2.75) is 66.2 Å². The fourth-order valence-corrected chi connectivity index (χ4v) is 5.00. The number of nitrogens with zero attached hydrogens (tertiary/aromatic N) is 1. The molecule has 0 saturated heterocycles. The van der Waals surface area contributed by atoms with Crippen molar-refractivity contribution >= 4 is 11.6 Å². The summed E-state index contributed by atoms with van der Waals surface area (Å²) in [5.41, 5.74) is 4.92. The van der Waals surface area contributed by atoms with Gasteiger partial charge in [0.25, 0.3) is 0 Å². The van der Waals surface area contributed by atoms with Gasteiger partial charge in [0, 0.05) is 28.9 Å². The second kappa shape index (κ2) is 6.07. The van der Waals surface area contributed by atoms with Crippen LogP contribution in [0, 0.1) is 10.8 Å². The van der Waals surface area contributed by atoms with Crippen LogP contribution in [0.3, 0.4) is 0 Å². The molecule has 0 amide bonds. The molecule has 1 atom stereocenters. The standard InChI is InChI=1S/C24H31N3O/c1-22(2,3)12-17-20-21(27-26-17)25-16-13-23(4,5)14-18(28)19(16)24(20,6)15-10-8-7-9-11-15/h7-11H,12-14H2,1-6H3,(H2,25,26,27). The SMILES string of the molecule is CC(C)(C)Cc1[nH]nc2c1C(C)(c1ccccc1)C1=C(CC(C)(C)CC1=O)N2. The Hall–Kier alpha value is -2.36. The van der Waals surface area contributed by atoms with Crippen molar-refractivity contribution in [3.63, 3.8) is 0 Å². The van der Waals surface area contributed by atoms with Crippen molar-refractivity contribution in [1.82, 2.24) is 10.2 Å². The van der Waals surface area contributed by atoms with Crippen LogP contribution in [-0.2, 0) is 16.6 Å². The molecule has 0 fully saturated rings. The molecule has 2 heterocycles. The van der Waals surface area contributed by atoms with E-state index in [0.29, 0.717) is 6.42 Å². The highest BCUT2D eigenvalue weighted by atomic mass is 16.1. The molecule has 0 radical (unpaired) electrons. The third kappa shape index (κ3) is 2.99. The maximum atomic E-state index is 13.4. The number of anilines is 1. The number of carbonyl (C=O) groups is 1. The summed E-state index contributed by atoms with van der Waals surface area (Å²) in [6.07, 6.45) is 2.32. The zero-order valence-corrected chi connectivity index (χ0v) is 17.9. The number of H-pyrrole nitrogens is 1. The van der Waals surface area contributed by atoms with Crippen LogP contribution in [0.2, 0.25) is 0 Å². The molecule has 4 rings (SSSR count). The number of hydrogen-bond acceptors (Lipinski definition) is 3. The number of ketones is 1. The Morgan fingerprint density at radius 1 is 1.07 bits per heavy atom. The molecule has 1 aliphatic carbocycles. The fourth-order valence-electron chi connectivity index (χ4n) is 5.00. The number of carbonyl (C=O) groups excluding carboxylic acids is 1. The molecular weight excluding hydrogens is 346 g/mol. The summed E-state index contributed by atoms with van der Waals surface area (Å²) in [4.78, 5) is 13.4. The molecule has 1 aromatic heterocycles. The van der Waals surface area contributed by atoms with E-state index in [1.807, 2.05) is 6.07 Å². The Labute approximate surface area is 167 Å². The number of aromatic nitrogens is 2. The highest BCUT2D eigenvalue weighted by Crippen LogP contribution is 2.53. The average Bonchev–Trinajstić information content (AvgIpc) is 2.95. The molecule has 2 aliphatic rings. The van der Waals surface area contributed by atoms with Gasteiger partial charge in [0.05, 0.1) is 5.41 Å². The molecule has 1 unspecified atom stereocenters. The van der Waals surface area contributed by atoms with Gasteiger partial charge < -0.3 is 5.32 Å². The quantitative estimate of drug-likeness (QED) is 0.739. The van der Waals surface area contributed by atoms with E-state index in [2.05, 4.69) is 81.3 Å². The largest absolute Gasteiger partial charge is 0.342 e. The van der Waals surface area contributed by atoms with E-state index in [4.69, 9.17) is 0 Å². The lowest BCUT2D eigenvalue weighted by molar-refractivity contribution is -0.118. The van der Waals surface area contributed by atoms with Gasteiger partial charge in [-0.1, -0.05) is 65.0 Å². The van der Waals surface area contributed by atoms with E-state index in [1.54, 1.807) is 0 Å². The van der Waals surface area contributed by atoms with Gasteiger partial charge in [0.2, 0.25) is 0 Å². The summed E-state index contributed by atoms with van der Waals surface area (Å²) in [7, 11) is 0. The van der Waals surface area contributed by atoms with Crippen LogP contribution in [0.15, 0.2) is 41.6 Å². The number of aromatic amines is 1. The molecule has 0 spiro atoms. The predicted molar refractivity (Wildman–Crippen MR) is 113 cm³/mol. The van der Waals surface area contributed by atoms with Crippen LogP contribution in [0.4, 0.5) is 5.82 Å². The van der Waals surface area contributed by atoms with E-state index in [-0.39, 0.29) is 16.6 Å². The smallest absolute Gasteiger partial charge is 0.162 e. The highest BCUT2D eigenvalue weighted by Gasteiger charge is 2.49. The monoisotopic (exact) mass is 377 g/mol. The number of benzene rings is 1. The average molecular weight is 378 g/mol. The Bertz CT molecular complexity index is 959. The van der Waals surface area contributed by atoms with Gasteiger partial charge in [-0.15, -0.1) is 0 Å². The number of Topliss-reactive ketones (excluding diaryl/α,β-unsaturated/α-hetero) is 1. The minimum Gasteiger partial charge on any atom is -0.342 e. The lowest BCUT2D eigenvalue weighted by Crippen LogP contribution is -2.42. The Kier molecular flexibility index (Phi) is 4.11. The summed E-state index contributed by atoms with van der Waals surface area (Å²) in [5, 5.41) is 11.5. The Morgan fingerprint density at radius 3 is 2.39 bits per heavy atom. The number of rotatable bonds is 2. The zero-order chi connectivity index (χ0) is 20.3. The van der Waals surface area contributed by atoms with Gasteiger partial charge >= 0.3 is 0 Å². The minimum atomic E-state index is -0.502. The van der Waals surface area contributed by atoms with Crippen molar-refractivity contribution in [3.05, 3.63) is 58.4 Å². The van der Waals surface area contributed by atoms with Crippen LogP contribution < -0.4 is 5.32 Å². The lowest BCUT2D eigenvalue weighted by atomic mass is 9.61. The van der Waals surface area contributed by atoms with Crippen LogP contribution in [-0.4, -0.2) is 16.0 Å². The molecule has 148 valence electrons. The van der Waals surface area contributed by atoms with Crippen molar-refractivity contribution in [1.29, 1.82) is 0 Å². The summed E-state index contributed by atoms with van der Waals surface area (Å²) in [6, 6.07) is 10.4. The van der Waals surface area contributed by atoms with Gasteiger partial charge in [-0.3, -0.25) is 9.89 Å².